The Balaban J connectivity index is 1.63. The van der Waals surface area contributed by atoms with Crippen LogP contribution in [0.25, 0.3) is 0 Å². The van der Waals surface area contributed by atoms with E-state index in [1.807, 2.05) is 0 Å². The number of Topliss-reactive ketones (excluding diaryl/α,β-unsaturated/α-hetero) is 2. The molecule has 0 spiro atoms. The van der Waals surface area contributed by atoms with Crippen molar-refractivity contribution in [3.63, 3.8) is 0 Å². The number of carbonyl (C=O) groups excluding carboxylic acids is 3. The smallest absolute Gasteiger partial charge is 0.291 e. The zero-order chi connectivity index (χ0) is 25.2. The summed E-state index contributed by atoms with van der Waals surface area (Å²) in [5, 5.41) is 0. The van der Waals surface area contributed by atoms with Crippen molar-refractivity contribution in [2.24, 2.45) is 5.92 Å². The quantitative estimate of drug-likeness (QED) is 0.319. The normalized spacial score (nSPS) is 21.6. The number of piperidine rings is 1. The van der Waals surface area contributed by atoms with E-state index >= 15 is 0 Å². The van der Waals surface area contributed by atoms with Crippen LogP contribution in [0.15, 0.2) is 53.7 Å². The summed E-state index contributed by atoms with van der Waals surface area (Å²) in [6.45, 7) is 3.17. The fourth-order valence-corrected chi connectivity index (χ4v) is 5.81. The first-order valence-electron chi connectivity index (χ1n) is 11.9. The number of quaternary nitrogens is 1. The molecule has 0 saturated carbocycles. The van der Waals surface area contributed by atoms with Crippen molar-refractivity contribution in [1.29, 1.82) is 0 Å². The highest BCUT2D eigenvalue weighted by Crippen LogP contribution is 2.37. The van der Waals surface area contributed by atoms with E-state index in [2.05, 4.69) is 4.98 Å². The first kappa shape index (κ1) is 25.2. The van der Waals surface area contributed by atoms with Gasteiger partial charge in [0, 0.05) is 32.1 Å². The summed E-state index contributed by atoms with van der Waals surface area (Å²) in [6.07, 6.45) is 6.70. The molecule has 0 bridgehead atoms. The summed E-state index contributed by atoms with van der Waals surface area (Å²) < 4.78 is 25.8. The Morgan fingerprint density at radius 1 is 1.09 bits per heavy atom. The molecule has 2 aliphatic rings. The van der Waals surface area contributed by atoms with Crippen LogP contribution in [0.1, 0.15) is 41.2 Å². The number of carbonyl (C=O) groups is 3. The van der Waals surface area contributed by atoms with Gasteiger partial charge in [0.25, 0.3) is 5.91 Å². The molecule has 1 aromatic heterocycles. The molecule has 1 aromatic carbocycles. The maximum absolute atomic E-state index is 13.5. The molecule has 1 amide bonds. The van der Waals surface area contributed by atoms with E-state index in [0.29, 0.717) is 18.7 Å². The van der Waals surface area contributed by atoms with Gasteiger partial charge in [0.05, 0.1) is 37.1 Å². The molecule has 35 heavy (non-hydrogen) atoms. The molecule has 9 nitrogen and oxygen atoms in total. The van der Waals surface area contributed by atoms with Crippen LogP contribution in [0, 0.1) is 5.92 Å². The molecule has 0 radical (unpaired) electrons. The predicted molar refractivity (Wildman–Crippen MR) is 128 cm³/mol. The number of rotatable bonds is 8. The molecule has 0 aliphatic carbocycles. The maximum Gasteiger partial charge on any atom is 0.291 e. The minimum Gasteiger partial charge on any atom is -0.333 e. The minimum atomic E-state index is -3.66. The van der Waals surface area contributed by atoms with Gasteiger partial charge in [-0.1, -0.05) is 18.2 Å². The van der Waals surface area contributed by atoms with Crippen molar-refractivity contribution in [1.82, 2.24) is 14.2 Å². The number of nitrogens with one attached hydrogen (secondary N) is 1. The van der Waals surface area contributed by atoms with E-state index < -0.39 is 39.5 Å². The molecule has 186 valence electrons. The van der Waals surface area contributed by atoms with Gasteiger partial charge in [0.15, 0.2) is 5.78 Å². The highest BCUT2D eigenvalue weighted by molar-refractivity contribution is 7.89. The maximum atomic E-state index is 13.5. The summed E-state index contributed by atoms with van der Waals surface area (Å²) in [5.74, 6) is -3.10. The van der Waals surface area contributed by atoms with Crippen LogP contribution in [0.3, 0.4) is 0 Å². The van der Waals surface area contributed by atoms with Gasteiger partial charge in [0.1, 0.15) is 5.92 Å². The second-order valence-corrected chi connectivity index (χ2v) is 11.5. The number of likely N-dealkylation sites (tertiary alicyclic amines) is 2. The van der Waals surface area contributed by atoms with Gasteiger partial charge in [-0.2, -0.15) is 0 Å². The topological polar surface area (TPSA) is 109 Å². The molecule has 2 fully saturated rings. The third-order valence-electron chi connectivity index (χ3n) is 6.90. The molecular formula is C25H31N4O5S+. The van der Waals surface area contributed by atoms with E-state index in [-0.39, 0.29) is 10.5 Å². The lowest BCUT2D eigenvalue weighted by Gasteiger charge is -2.30. The molecule has 3 heterocycles. The number of nitrogens with zero attached hydrogens (tertiary/aromatic N) is 3. The number of hydrogen-bond donors (Lipinski definition) is 1. The lowest BCUT2D eigenvalue weighted by Crippen LogP contribution is -3.13. The number of ketones is 2. The Morgan fingerprint density at radius 2 is 1.77 bits per heavy atom. The average Bonchev–Trinajstić information content (AvgIpc) is 3.13. The van der Waals surface area contributed by atoms with Gasteiger partial charge < -0.3 is 9.80 Å². The van der Waals surface area contributed by atoms with E-state index in [9.17, 15) is 22.8 Å². The number of aromatic nitrogens is 1. The van der Waals surface area contributed by atoms with Gasteiger partial charge in [-0.25, -0.2) is 12.7 Å². The van der Waals surface area contributed by atoms with Gasteiger partial charge in [-0.3, -0.25) is 19.4 Å². The van der Waals surface area contributed by atoms with Gasteiger partial charge >= 0.3 is 0 Å². The molecule has 2 aliphatic heterocycles. The third kappa shape index (κ3) is 5.05. The van der Waals surface area contributed by atoms with Gasteiger partial charge in [-0.15, -0.1) is 0 Å². The number of benzene rings is 1. The predicted octanol–water partition coefficient (Wildman–Crippen LogP) is 0.352. The van der Waals surface area contributed by atoms with Crippen molar-refractivity contribution >= 4 is 27.5 Å². The summed E-state index contributed by atoms with van der Waals surface area (Å²) in [5.41, 5.74) is 0.816. The summed E-state index contributed by atoms with van der Waals surface area (Å²) in [4.78, 5) is 46.9. The summed E-state index contributed by atoms with van der Waals surface area (Å²) in [6, 6.07) is 8.25. The van der Waals surface area contributed by atoms with E-state index in [4.69, 9.17) is 0 Å². The molecule has 2 aromatic rings. The zero-order valence-electron chi connectivity index (χ0n) is 20.0. The van der Waals surface area contributed by atoms with Crippen LogP contribution in [0.2, 0.25) is 0 Å². The number of sulfonamides is 1. The van der Waals surface area contributed by atoms with Crippen LogP contribution in [0.5, 0.6) is 0 Å². The first-order valence-corrected chi connectivity index (χ1v) is 13.3. The van der Waals surface area contributed by atoms with Crippen molar-refractivity contribution < 1.29 is 27.7 Å². The molecule has 10 heteroatoms. The number of hydrogen-bond acceptors (Lipinski definition) is 6. The van der Waals surface area contributed by atoms with Gasteiger partial charge in [0.2, 0.25) is 15.8 Å². The molecular weight excluding hydrogens is 468 g/mol. The van der Waals surface area contributed by atoms with Crippen molar-refractivity contribution in [2.75, 3.05) is 40.3 Å². The standard InChI is InChI=1S/C25H30N4O5S/c1-27(2)35(33,34)20-10-8-18(9-11-20)23(30)21-22(19-7-6-12-26-17-19)29(25(32)24(21)31)16-15-28-13-4-3-5-14-28/h6-12,17,21-22H,3-5,13-16H2,1-2H3/p+1. The second kappa shape index (κ2) is 10.3. The summed E-state index contributed by atoms with van der Waals surface area (Å²) >= 11 is 0. The van der Waals surface area contributed by atoms with Crippen molar-refractivity contribution in [3.8, 4) is 0 Å². The van der Waals surface area contributed by atoms with Crippen LogP contribution < -0.4 is 4.90 Å². The van der Waals surface area contributed by atoms with Crippen LogP contribution in [0.4, 0.5) is 0 Å². The molecule has 2 atom stereocenters. The molecule has 2 saturated heterocycles. The summed E-state index contributed by atoms with van der Waals surface area (Å²) in [7, 11) is -0.803. The van der Waals surface area contributed by atoms with Crippen LogP contribution in [-0.2, 0) is 19.6 Å². The number of pyridine rings is 1. The van der Waals surface area contributed by atoms with E-state index in [1.54, 1.807) is 24.5 Å². The van der Waals surface area contributed by atoms with E-state index in [1.165, 1.54) is 54.6 Å². The molecule has 1 N–H and O–H groups in total. The van der Waals surface area contributed by atoms with Crippen molar-refractivity contribution in [2.45, 2.75) is 30.2 Å². The Bertz CT molecular complexity index is 1190. The zero-order valence-corrected chi connectivity index (χ0v) is 20.8. The third-order valence-corrected chi connectivity index (χ3v) is 8.73. The Kier molecular flexibility index (Phi) is 7.44. The fourth-order valence-electron chi connectivity index (χ4n) is 4.91. The lowest BCUT2D eigenvalue weighted by atomic mass is 9.87. The van der Waals surface area contributed by atoms with Crippen LogP contribution in [-0.4, -0.2) is 80.4 Å². The molecule has 4 rings (SSSR count). The van der Waals surface area contributed by atoms with Crippen molar-refractivity contribution in [3.05, 3.63) is 59.9 Å². The lowest BCUT2D eigenvalue weighted by molar-refractivity contribution is -0.904. The van der Waals surface area contributed by atoms with E-state index in [0.717, 1.165) is 30.2 Å². The fraction of sp³-hybridized carbons (Fsp3) is 0.440. The Labute approximate surface area is 205 Å². The molecule has 2 unspecified atom stereocenters. The Hall–Kier alpha value is -2.95. The first-order chi connectivity index (χ1) is 16.7. The highest BCUT2D eigenvalue weighted by atomic mass is 32.2. The largest absolute Gasteiger partial charge is 0.333 e. The number of amides is 1. The highest BCUT2D eigenvalue weighted by Gasteiger charge is 2.51. The van der Waals surface area contributed by atoms with Crippen LogP contribution >= 0.6 is 0 Å². The monoisotopic (exact) mass is 499 g/mol. The Morgan fingerprint density at radius 3 is 2.37 bits per heavy atom. The average molecular weight is 500 g/mol. The van der Waals surface area contributed by atoms with Gasteiger partial charge in [-0.05, 0) is 43.0 Å². The SMILES string of the molecule is CN(C)S(=O)(=O)c1ccc(C(=O)C2C(=O)C(=O)N(CC[NH+]3CCCCC3)C2c2cccnc2)cc1. The second-order valence-electron chi connectivity index (χ2n) is 9.31. The minimum absolute atomic E-state index is 0.0443.